The molecule has 1 fully saturated rings. The Bertz CT molecular complexity index is 492. The lowest BCUT2D eigenvalue weighted by molar-refractivity contribution is -0.122. The lowest BCUT2D eigenvalue weighted by atomic mass is 10.0. The van der Waals surface area contributed by atoms with Gasteiger partial charge in [-0.3, -0.25) is 9.59 Å². The summed E-state index contributed by atoms with van der Waals surface area (Å²) in [7, 11) is 0. The van der Waals surface area contributed by atoms with E-state index < -0.39 is 0 Å². The van der Waals surface area contributed by atoms with Gasteiger partial charge >= 0.3 is 0 Å². The minimum absolute atomic E-state index is 0.00253. The molecule has 19 heavy (non-hydrogen) atoms. The first-order valence-corrected chi connectivity index (χ1v) is 6.45. The third-order valence-electron chi connectivity index (χ3n) is 3.16. The van der Waals surface area contributed by atoms with Crippen LogP contribution in [0.3, 0.4) is 0 Å². The van der Waals surface area contributed by atoms with E-state index in [2.05, 4.69) is 5.32 Å². The summed E-state index contributed by atoms with van der Waals surface area (Å²) in [5, 5.41) is 2.83. The van der Waals surface area contributed by atoms with Gasteiger partial charge in [0.1, 0.15) is 6.54 Å². The molecule has 0 spiro atoms. The third kappa shape index (κ3) is 4.10. The second kappa shape index (κ2) is 6.38. The number of carbonyl (C=O) groups excluding carboxylic acids is 1. The fourth-order valence-electron chi connectivity index (χ4n) is 2.11. The summed E-state index contributed by atoms with van der Waals surface area (Å²) in [4.78, 5) is 23.3. The van der Waals surface area contributed by atoms with Crippen LogP contribution in [0.4, 0.5) is 5.69 Å². The number of hydrogen-bond donors (Lipinski definition) is 2. The fraction of sp³-hybridized carbons (Fsp3) is 0.538. The molecule has 6 nitrogen and oxygen atoms in total. The number of nitrogen functional groups attached to an aromatic ring is 1. The van der Waals surface area contributed by atoms with Crippen molar-refractivity contribution in [3.63, 3.8) is 0 Å². The summed E-state index contributed by atoms with van der Waals surface area (Å²) in [6, 6.07) is 2.88. The van der Waals surface area contributed by atoms with Crippen molar-refractivity contribution in [3.05, 3.63) is 28.7 Å². The van der Waals surface area contributed by atoms with E-state index in [4.69, 9.17) is 10.5 Å². The Balaban J connectivity index is 1.83. The van der Waals surface area contributed by atoms with E-state index in [9.17, 15) is 9.59 Å². The van der Waals surface area contributed by atoms with E-state index in [1.165, 1.54) is 22.9 Å². The van der Waals surface area contributed by atoms with Gasteiger partial charge in [0.15, 0.2) is 0 Å². The van der Waals surface area contributed by atoms with Crippen molar-refractivity contribution in [1.82, 2.24) is 9.88 Å². The maximum absolute atomic E-state index is 11.8. The van der Waals surface area contributed by atoms with Crippen molar-refractivity contribution in [2.75, 3.05) is 25.5 Å². The van der Waals surface area contributed by atoms with Crippen LogP contribution in [0, 0.1) is 5.92 Å². The quantitative estimate of drug-likeness (QED) is 0.800. The molecule has 0 aliphatic carbocycles. The van der Waals surface area contributed by atoms with Gasteiger partial charge in [0.25, 0.3) is 5.56 Å². The highest BCUT2D eigenvalue weighted by Crippen LogP contribution is 2.11. The molecule has 1 amide bonds. The minimum atomic E-state index is -0.231. The number of hydrogen-bond acceptors (Lipinski definition) is 4. The zero-order chi connectivity index (χ0) is 13.7. The van der Waals surface area contributed by atoms with E-state index >= 15 is 0 Å². The maximum Gasteiger partial charge on any atom is 0.251 e. The molecule has 1 aromatic heterocycles. The number of anilines is 1. The number of ether oxygens (including phenoxy) is 1. The molecule has 1 aliphatic rings. The van der Waals surface area contributed by atoms with Crippen LogP contribution in [-0.4, -0.2) is 30.2 Å². The summed E-state index contributed by atoms with van der Waals surface area (Å²) in [6.45, 7) is 2.09. The van der Waals surface area contributed by atoms with Gasteiger partial charge < -0.3 is 20.4 Å². The van der Waals surface area contributed by atoms with Crippen LogP contribution in [0.15, 0.2) is 23.1 Å². The zero-order valence-corrected chi connectivity index (χ0v) is 10.8. The van der Waals surface area contributed by atoms with Crippen LogP contribution in [0.5, 0.6) is 0 Å². The van der Waals surface area contributed by atoms with E-state index in [0.29, 0.717) is 24.8 Å². The second-order valence-corrected chi connectivity index (χ2v) is 4.82. The van der Waals surface area contributed by atoms with Gasteiger partial charge in [0, 0.05) is 31.1 Å². The molecule has 0 saturated carbocycles. The molecular weight excluding hydrogens is 246 g/mol. The number of nitrogens with zero attached hydrogens (tertiary/aromatic N) is 1. The van der Waals surface area contributed by atoms with Crippen molar-refractivity contribution >= 4 is 11.6 Å². The third-order valence-corrected chi connectivity index (χ3v) is 3.16. The van der Waals surface area contributed by atoms with Gasteiger partial charge in [-0.15, -0.1) is 0 Å². The van der Waals surface area contributed by atoms with Crippen LogP contribution >= 0.6 is 0 Å². The highest BCUT2D eigenvalue weighted by molar-refractivity contribution is 5.75. The first-order chi connectivity index (χ1) is 9.15. The number of pyridine rings is 1. The molecule has 1 aromatic rings. The summed E-state index contributed by atoms with van der Waals surface area (Å²) < 4.78 is 6.65. The molecule has 1 unspecified atom stereocenters. The van der Waals surface area contributed by atoms with Gasteiger partial charge in [0.05, 0.1) is 6.61 Å². The summed E-state index contributed by atoms with van der Waals surface area (Å²) in [5.41, 5.74) is 5.82. The number of amides is 1. The van der Waals surface area contributed by atoms with Gasteiger partial charge in [-0.25, -0.2) is 0 Å². The largest absolute Gasteiger partial charge is 0.398 e. The second-order valence-electron chi connectivity index (χ2n) is 4.82. The highest BCUT2D eigenvalue weighted by atomic mass is 16.5. The Morgan fingerprint density at radius 3 is 3.11 bits per heavy atom. The molecule has 3 N–H and O–H groups in total. The highest BCUT2D eigenvalue weighted by Gasteiger charge is 2.14. The lowest BCUT2D eigenvalue weighted by Crippen LogP contribution is -2.36. The molecule has 6 heteroatoms. The molecule has 1 saturated heterocycles. The van der Waals surface area contributed by atoms with E-state index in [-0.39, 0.29) is 18.0 Å². The van der Waals surface area contributed by atoms with Gasteiger partial charge in [-0.05, 0) is 24.8 Å². The van der Waals surface area contributed by atoms with Crippen molar-refractivity contribution < 1.29 is 9.53 Å². The number of aromatic nitrogens is 1. The Morgan fingerprint density at radius 1 is 1.53 bits per heavy atom. The van der Waals surface area contributed by atoms with Crippen LogP contribution in [-0.2, 0) is 16.1 Å². The molecule has 0 bridgehead atoms. The summed E-state index contributed by atoms with van der Waals surface area (Å²) in [6.07, 6.45) is 3.58. The maximum atomic E-state index is 11.8. The minimum Gasteiger partial charge on any atom is -0.398 e. The normalized spacial score (nSPS) is 19.1. The van der Waals surface area contributed by atoms with Crippen LogP contribution in [0.1, 0.15) is 12.8 Å². The topological polar surface area (TPSA) is 86.4 Å². The standard InChI is InChI=1S/C13H19N3O3/c14-11-3-4-13(18)16(7-11)8-12(17)15-6-10-2-1-5-19-9-10/h3-4,7,10H,1-2,5-6,8-9,14H2,(H,15,17). The van der Waals surface area contributed by atoms with Crippen molar-refractivity contribution in [1.29, 1.82) is 0 Å². The lowest BCUT2D eigenvalue weighted by Gasteiger charge is -2.22. The Kier molecular flexibility index (Phi) is 4.57. The van der Waals surface area contributed by atoms with Gasteiger partial charge in [-0.1, -0.05) is 0 Å². The van der Waals surface area contributed by atoms with Crippen LogP contribution in [0.2, 0.25) is 0 Å². The molecule has 2 rings (SSSR count). The molecule has 0 radical (unpaired) electrons. The molecule has 2 heterocycles. The summed E-state index contributed by atoms with van der Waals surface area (Å²) >= 11 is 0. The average molecular weight is 265 g/mol. The average Bonchev–Trinajstić information content (AvgIpc) is 2.42. The first-order valence-electron chi connectivity index (χ1n) is 6.45. The summed E-state index contributed by atoms with van der Waals surface area (Å²) in [5.74, 6) is 0.188. The van der Waals surface area contributed by atoms with E-state index in [1.807, 2.05) is 0 Å². The van der Waals surface area contributed by atoms with Gasteiger partial charge in [0.2, 0.25) is 5.91 Å². The predicted molar refractivity (Wildman–Crippen MR) is 71.7 cm³/mol. The van der Waals surface area contributed by atoms with Crippen molar-refractivity contribution in [2.45, 2.75) is 19.4 Å². The Morgan fingerprint density at radius 2 is 2.37 bits per heavy atom. The molecular formula is C13H19N3O3. The number of nitrogens with one attached hydrogen (secondary N) is 1. The fourth-order valence-corrected chi connectivity index (χ4v) is 2.11. The molecule has 0 aromatic carbocycles. The number of rotatable bonds is 4. The molecule has 104 valence electrons. The number of carbonyl (C=O) groups is 1. The zero-order valence-electron chi connectivity index (χ0n) is 10.8. The monoisotopic (exact) mass is 265 g/mol. The van der Waals surface area contributed by atoms with Gasteiger partial charge in [-0.2, -0.15) is 0 Å². The first kappa shape index (κ1) is 13.6. The SMILES string of the molecule is Nc1ccc(=O)n(CC(=O)NCC2CCCOC2)c1. The van der Waals surface area contributed by atoms with Crippen LogP contribution in [0.25, 0.3) is 0 Å². The van der Waals surface area contributed by atoms with E-state index in [0.717, 1.165) is 19.4 Å². The molecule has 1 atom stereocenters. The molecule has 1 aliphatic heterocycles. The number of nitrogens with two attached hydrogens (primary N) is 1. The van der Waals surface area contributed by atoms with E-state index in [1.54, 1.807) is 0 Å². The smallest absolute Gasteiger partial charge is 0.251 e. The Hall–Kier alpha value is -1.82. The van der Waals surface area contributed by atoms with Crippen LogP contribution < -0.4 is 16.6 Å². The van der Waals surface area contributed by atoms with Crippen molar-refractivity contribution in [3.8, 4) is 0 Å². The Labute approximate surface area is 111 Å². The van der Waals surface area contributed by atoms with Crippen molar-refractivity contribution in [2.24, 2.45) is 5.92 Å². The predicted octanol–water partition coefficient (Wildman–Crippen LogP) is -0.0267.